The fourth-order valence-electron chi connectivity index (χ4n) is 3.38. The maximum atomic E-state index is 12.4. The summed E-state index contributed by atoms with van der Waals surface area (Å²) in [6.07, 6.45) is -4.47. The topological polar surface area (TPSA) is 182 Å². The first-order chi connectivity index (χ1) is 17.5. The van der Waals surface area contributed by atoms with E-state index in [-0.39, 0.29) is 12.4 Å². The third kappa shape index (κ3) is 11.5. The predicted octanol–water partition coefficient (Wildman–Crippen LogP) is 0.442. The summed E-state index contributed by atoms with van der Waals surface area (Å²) in [6.45, 7) is 9.24. The highest BCUT2D eigenvalue weighted by Crippen LogP contribution is 2.33. The number of alkyl carbamates (subject to hydrolysis) is 1. The molecular weight excluding hydrogens is 528 g/mol. The van der Waals surface area contributed by atoms with Crippen LogP contribution >= 0.6 is 11.8 Å². The Hall–Kier alpha value is -3.07. The molecule has 1 saturated heterocycles. The van der Waals surface area contributed by atoms with Gasteiger partial charge in [-0.25, -0.2) is 9.59 Å². The van der Waals surface area contributed by atoms with Crippen LogP contribution in [0.4, 0.5) is 4.79 Å². The second-order valence-electron chi connectivity index (χ2n) is 9.28. The first kappa shape index (κ1) is 33.0. The lowest BCUT2D eigenvalue weighted by atomic mass is 9.97. The Kier molecular flexibility index (Phi) is 12.8. The quantitative estimate of drug-likeness (QED) is 0.276. The molecule has 2 amide bonds. The van der Waals surface area contributed by atoms with Gasteiger partial charge in [0.1, 0.15) is 35.8 Å². The smallest absolute Gasteiger partial charge is 0.408 e. The largest absolute Gasteiger partial charge is 0.467 e. The van der Waals surface area contributed by atoms with Crippen LogP contribution in [0.25, 0.3) is 0 Å². The molecule has 0 bridgehead atoms. The molecule has 38 heavy (non-hydrogen) atoms. The number of esters is 4. The zero-order chi connectivity index (χ0) is 29.2. The summed E-state index contributed by atoms with van der Waals surface area (Å²) in [4.78, 5) is 71.9. The van der Waals surface area contributed by atoms with E-state index in [1.807, 2.05) is 0 Å². The Labute approximate surface area is 225 Å². The summed E-state index contributed by atoms with van der Waals surface area (Å²) in [5.74, 6) is -3.53. The summed E-state index contributed by atoms with van der Waals surface area (Å²) in [5.41, 5.74) is -1.85. The van der Waals surface area contributed by atoms with Gasteiger partial charge in [0.15, 0.2) is 12.2 Å². The monoisotopic (exact) mass is 564 g/mol. The number of ether oxygens (including phenoxy) is 6. The average molecular weight is 565 g/mol. The Morgan fingerprint density at radius 3 is 1.97 bits per heavy atom. The molecule has 15 heteroatoms. The summed E-state index contributed by atoms with van der Waals surface area (Å²) in [6, 6.07) is -2.26. The van der Waals surface area contributed by atoms with Crippen LogP contribution < -0.4 is 10.6 Å². The van der Waals surface area contributed by atoms with Gasteiger partial charge in [-0.1, -0.05) is 0 Å². The van der Waals surface area contributed by atoms with Gasteiger partial charge in [0, 0.05) is 33.4 Å². The maximum Gasteiger partial charge on any atom is 0.408 e. The van der Waals surface area contributed by atoms with Crippen molar-refractivity contribution >= 4 is 47.6 Å². The number of methoxy groups -OCH3 is 1. The van der Waals surface area contributed by atoms with E-state index in [2.05, 4.69) is 10.6 Å². The van der Waals surface area contributed by atoms with Gasteiger partial charge in [0.2, 0.25) is 5.91 Å². The fourth-order valence-corrected chi connectivity index (χ4v) is 4.64. The van der Waals surface area contributed by atoms with Gasteiger partial charge in [-0.15, -0.1) is 11.8 Å². The van der Waals surface area contributed by atoms with Gasteiger partial charge in [-0.2, -0.15) is 0 Å². The zero-order valence-electron chi connectivity index (χ0n) is 22.7. The van der Waals surface area contributed by atoms with E-state index in [4.69, 9.17) is 28.4 Å². The van der Waals surface area contributed by atoms with E-state index in [0.29, 0.717) is 0 Å². The minimum atomic E-state index is -1.25. The van der Waals surface area contributed by atoms with Crippen LogP contribution in [0.3, 0.4) is 0 Å². The summed E-state index contributed by atoms with van der Waals surface area (Å²) < 4.78 is 31.8. The van der Waals surface area contributed by atoms with Crippen molar-refractivity contribution in [1.29, 1.82) is 0 Å². The number of hydrogen-bond acceptors (Lipinski definition) is 13. The number of hydrogen-bond donors (Lipinski definition) is 2. The highest BCUT2D eigenvalue weighted by Gasteiger charge is 2.51. The van der Waals surface area contributed by atoms with Crippen LogP contribution in [-0.2, 0) is 52.4 Å². The molecule has 1 fully saturated rings. The summed E-state index contributed by atoms with van der Waals surface area (Å²) in [7, 11) is 1.14. The minimum Gasteiger partial charge on any atom is -0.467 e. The van der Waals surface area contributed by atoms with Gasteiger partial charge in [0.05, 0.1) is 7.11 Å². The molecule has 6 atom stereocenters. The van der Waals surface area contributed by atoms with E-state index in [1.54, 1.807) is 20.8 Å². The van der Waals surface area contributed by atoms with Crippen molar-refractivity contribution in [3.63, 3.8) is 0 Å². The van der Waals surface area contributed by atoms with Crippen LogP contribution in [0, 0.1) is 0 Å². The van der Waals surface area contributed by atoms with Crippen molar-refractivity contribution in [2.75, 3.05) is 19.5 Å². The van der Waals surface area contributed by atoms with Crippen molar-refractivity contribution < 1.29 is 57.2 Å². The predicted molar refractivity (Wildman–Crippen MR) is 132 cm³/mol. The Morgan fingerprint density at radius 2 is 1.50 bits per heavy atom. The SMILES string of the molecule is COC(=O)[C@@H](CS[C@H]1O[C@H](COC(C)=O)[C@H](OC(C)=O)[C@H](OC(C)=O)[C@H]1NC(C)=O)NC(=O)OC(C)(C)C. The van der Waals surface area contributed by atoms with Gasteiger partial charge in [-0.05, 0) is 20.8 Å². The highest BCUT2D eigenvalue weighted by molar-refractivity contribution is 7.99. The molecule has 2 N–H and O–H groups in total. The summed E-state index contributed by atoms with van der Waals surface area (Å²) >= 11 is 0.969. The molecule has 1 heterocycles. The number of carbonyl (C=O) groups is 6. The number of rotatable bonds is 10. The molecule has 0 saturated carbocycles. The number of nitrogens with one attached hydrogen (secondary N) is 2. The number of thioether (sulfide) groups is 1. The van der Waals surface area contributed by atoms with E-state index in [1.165, 1.54) is 13.8 Å². The molecule has 1 aliphatic heterocycles. The molecule has 14 nitrogen and oxygen atoms in total. The van der Waals surface area contributed by atoms with Gasteiger partial charge >= 0.3 is 30.0 Å². The molecule has 1 rings (SSSR count). The van der Waals surface area contributed by atoms with Crippen LogP contribution in [0.5, 0.6) is 0 Å². The Balaban J connectivity index is 3.31. The van der Waals surface area contributed by atoms with Crippen LogP contribution in [0.2, 0.25) is 0 Å². The molecule has 0 aromatic heterocycles. The van der Waals surface area contributed by atoms with Crippen molar-refractivity contribution in [2.24, 2.45) is 0 Å². The average Bonchev–Trinajstić information content (AvgIpc) is 2.75. The van der Waals surface area contributed by atoms with Crippen LogP contribution in [-0.4, -0.2) is 96.8 Å². The van der Waals surface area contributed by atoms with Gasteiger partial charge in [-0.3, -0.25) is 19.2 Å². The first-order valence-electron chi connectivity index (χ1n) is 11.6. The van der Waals surface area contributed by atoms with Crippen LogP contribution in [0.15, 0.2) is 0 Å². The highest BCUT2D eigenvalue weighted by atomic mass is 32.2. The first-order valence-corrected chi connectivity index (χ1v) is 12.7. The minimum absolute atomic E-state index is 0.127. The van der Waals surface area contributed by atoms with E-state index in [0.717, 1.165) is 32.7 Å². The van der Waals surface area contributed by atoms with Gasteiger partial charge < -0.3 is 39.1 Å². The molecule has 0 spiro atoms. The molecule has 0 aromatic rings. The lowest BCUT2D eigenvalue weighted by Crippen LogP contribution is -2.65. The second-order valence-corrected chi connectivity index (χ2v) is 10.4. The lowest BCUT2D eigenvalue weighted by molar-refractivity contribution is -0.211. The van der Waals surface area contributed by atoms with Crippen molar-refractivity contribution in [3.8, 4) is 0 Å². The molecular formula is C23H36N2O12S. The lowest BCUT2D eigenvalue weighted by Gasteiger charge is -2.45. The molecule has 216 valence electrons. The summed E-state index contributed by atoms with van der Waals surface area (Å²) in [5, 5.41) is 5.05. The maximum absolute atomic E-state index is 12.4. The van der Waals surface area contributed by atoms with Crippen molar-refractivity contribution in [3.05, 3.63) is 0 Å². The fraction of sp³-hybridized carbons (Fsp3) is 0.739. The van der Waals surface area contributed by atoms with E-state index >= 15 is 0 Å². The zero-order valence-corrected chi connectivity index (χ0v) is 23.5. The van der Waals surface area contributed by atoms with E-state index < -0.39 is 77.3 Å². The standard InChI is InChI=1S/C23H36N2O12S/c1-11(26)24-17-19(35-14(4)29)18(34-13(3)28)16(9-33-12(2)27)36-21(17)38-10-15(20(30)32-8)25-22(31)37-23(5,6)7/h15-19,21H,9-10H2,1-8H3,(H,24,26)(H,25,31)/t15-,16-,17-,18+,19-,21-/m1/s1. The normalized spacial score (nSPS) is 23.7. The Morgan fingerprint density at radius 1 is 0.921 bits per heavy atom. The molecule has 1 aliphatic rings. The number of amides is 2. The molecule has 0 radical (unpaired) electrons. The van der Waals surface area contributed by atoms with Crippen molar-refractivity contribution in [1.82, 2.24) is 10.6 Å². The third-order valence-electron chi connectivity index (χ3n) is 4.68. The van der Waals surface area contributed by atoms with Gasteiger partial charge in [0.25, 0.3) is 0 Å². The molecule has 0 aliphatic carbocycles. The third-order valence-corrected chi connectivity index (χ3v) is 5.93. The molecule has 0 unspecified atom stereocenters. The second kappa shape index (κ2) is 14.8. The number of carbonyl (C=O) groups excluding carboxylic acids is 6. The van der Waals surface area contributed by atoms with Crippen molar-refractivity contribution in [2.45, 2.75) is 89.9 Å². The van der Waals surface area contributed by atoms with E-state index in [9.17, 15) is 28.8 Å². The molecule has 0 aromatic carbocycles. The Bertz CT molecular complexity index is 890. The van der Waals surface area contributed by atoms with Crippen LogP contribution in [0.1, 0.15) is 48.5 Å².